The molecule has 0 spiro atoms. The third-order valence-electron chi connectivity index (χ3n) is 1.84. The predicted octanol–water partition coefficient (Wildman–Crippen LogP) is 0.0518. The number of carboxylic acid groups (broad SMARTS) is 1. The Morgan fingerprint density at radius 2 is 2.00 bits per heavy atom. The highest BCUT2D eigenvalue weighted by Gasteiger charge is 2.22. The van der Waals surface area contributed by atoms with Gasteiger partial charge < -0.3 is 10.8 Å². The maximum Gasteiger partial charge on any atom is 0.357 e. The van der Waals surface area contributed by atoms with E-state index in [-0.39, 0.29) is 5.56 Å². The van der Waals surface area contributed by atoms with E-state index in [1.807, 2.05) is 0 Å². The number of carbonyl (C=O) groups is 2. The van der Waals surface area contributed by atoms with Gasteiger partial charge in [0.1, 0.15) is 0 Å². The molecule has 0 radical (unpaired) electrons. The van der Waals surface area contributed by atoms with Gasteiger partial charge in [-0.25, -0.2) is 15.0 Å². The number of carbonyl (C=O) groups excluding carboxylic acids is 1. The minimum atomic E-state index is -1.53. The molecule has 0 unspecified atom stereocenters. The quantitative estimate of drug-likeness (QED) is 0.393. The molecule has 0 saturated heterocycles. The van der Waals surface area contributed by atoms with E-state index in [1.54, 1.807) is 5.43 Å². The monoisotopic (exact) mass is 252 g/mol. The average Bonchev–Trinajstić information content (AvgIpc) is 2.28. The number of aliphatic carboxylic acids is 1. The molecule has 18 heavy (non-hydrogen) atoms. The molecule has 9 heteroatoms. The second-order valence-electron chi connectivity index (χ2n) is 3.02. The molecule has 4 N–H and O–H groups in total. The molecule has 9 nitrogen and oxygen atoms in total. The van der Waals surface area contributed by atoms with Crippen molar-refractivity contribution in [1.29, 1.82) is 0 Å². The largest absolute Gasteiger partial charge is 0.476 e. The lowest BCUT2D eigenvalue weighted by molar-refractivity contribution is -0.385. The maximum atomic E-state index is 10.9. The Morgan fingerprint density at radius 1 is 1.39 bits per heavy atom. The fourth-order valence-corrected chi connectivity index (χ4v) is 1.17. The van der Waals surface area contributed by atoms with E-state index in [4.69, 9.17) is 10.8 Å². The Morgan fingerprint density at radius 3 is 2.50 bits per heavy atom. The summed E-state index contributed by atoms with van der Waals surface area (Å²) in [5.41, 5.74) is 5.10. The number of benzene rings is 1. The van der Waals surface area contributed by atoms with Gasteiger partial charge in [-0.3, -0.25) is 10.1 Å². The van der Waals surface area contributed by atoms with Crippen LogP contribution in [0.3, 0.4) is 0 Å². The molecule has 1 aromatic carbocycles. The van der Waals surface area contributed by atoms with Gasteiger partial charge in [0.05, 0.1) is 10.5 Å². The van der Waals surface area contributed by atoms with Crippen LogP contribution >= 0.6 is 0 Å². The number of nitro groups is 1. The Hall–Kier alpha value is -2.97. The molecule has 0 aliphatic rings. The summed E-state index contributed by atoms with van der Waals surface area (Å²) in [5.74, 6) is -1.53. The number of carboxylic acids is 1. The standard InChI is InChI=1S/C9H8N4O5/c10-9(16)12-11-7(8(14)15)5-3-1-2-4-6(5)13(17)18/h1-4H,(H,14,15)(H3,10,12,16). The molecule has 1 rings (SSSR count). The summed E-state index contributed by atoms with van der Waals surface area (Å²) in [5, 5.41) is 22.9. The number of nitrogens with one attached hydrogen (secondary N) is 1. The number of para-hydroxylation sites is 1. The fourth-order valence-electron chi connectivity index (χ4n) is 1.17. The van der Waals surface area contributed by atoms with Gasteiger partial charge in [-0.2, -0.15) is 5.10 Å². The van der Waals surface area contributed by atoms with Gasteiger partial charge in [-0.15, -0.1) is 0 Å². The maximum absolute atomic E-state index is 10.9. The van der Waals surface area contributed by atoms with Crippen LogP contribution in [-0.2, 0) is 4.79 Å². The fraction of sp³-hybridized carbons (Fsp3) is 0. The first-order valence-corrected chi connectivity index (χ1v) is 4.53. The summed E-state index contributed by atoms with van der Waals surface area (Å²) in [6.07, 6.45) is 0. The van der Waals surface area contributed by atoms with Crippen molar-refractivity contribution in [3.63, 3.8) is 0 Å². The van der Waals surface area contributed by atoms with E-state index in [9.17, 15) is 19.7 Å². The number of urea groups is 1. The summed E-state index contributed by atoms with van der Waals surface area (Å²) < 4.78 is 0. The third-order valence-corrected chi connectivity index (χ3v) is 1.84. The lowest BCUT2D eigenvalue weighted by Gasteiger charge is -2.02. The number of rotatable bonds is 4. The van der Waals surface area contributed by atoms with Gasteiger partial charge in [0, 0.05) is 6.07 Å². The van der Waals surface area contributed by atoms with Crippen LogP contribution in [0.5, 0.6) is 0 Å². The van der Waals surface area contributed by atoms with Gasteiger partial charge in [0.25, 0.3) is 5.69 Å². The van der Waals surface area contributed by atoms with Crippen LogP contribution in [0.4, 0.5) is 10.5 Å². The number of nitro benzene ring substituents is 1. The van der Waals surface area contributed by atoms with Gasteiger partial charge in [0.15, 0.2) is 5.71 Å². The zero-order valence-electron chi connectivity index (χ0n) is 8.86. The van der Waals surface area contributed by atoms with Gasteiger partial charge in [-0.05, 0) is 6.07 Å². The number of nitrogens with zero attached hydrogens (tertiary/aromatic N) is 2. The minimum Gasteiger partial charge on any atom is -0.476 e. The number of hydrogen-bond acceptors (Lipinski definition) is 5. The zero-order chi connectivity index (χ0) is 13.7. The van der Waals surface area contributed by atoms with Crippen LogP contribution in [0.15, 0.2) is 29.4 Å². The molecule has 1 aromatic rings. The smallest absolute Gasteiger partial charge is 0.357 e. The van der Waals surface area contributed by atoms with Crippen LogP contribution in [0.1, 0.15) is 5.56 Å². The molecule has 0 heterocycles. The molecular weight excluding hydrogens is 244 g/mol. The van der Waals surface area contributed by atoms with E-state index in [2.05, 4.69) is 5.10 Å². The minimum absolute atomic E-state index is 0.233. The summed E-state index contributed by atoms with van der Waals surface area (Å²) >= 11 is 0. The Labute approximate surface area is 100 Å². The summed E-state index contributed by atoms with van der Waals surface area (Å²) in [6.45, 7) is 0. The lowest BCUT2D eigenvalue weighted by Crippen LogP contribution is -2.28. The second-order valence-corrected chi connectivity index (χ2v) is 3.02. The average molecular weight is 252 g/mol. The molecule has 0 aromatic heterocycles. The SMILES string of the molecule is NC(=O)NN=C(C(=O)O)c1ccccc1[N+](=O)[O-]. The molecule has 0 aliphatic heterocycles. The van der Waals surface area contributed by atoms with E-state index in [0.29, 0.717) is 0 Å². The molecular formula is C9H8N4O5. The third kappa shape index (κ3) is 3.01. The molecule has 0 aliphatic carbocycles. The Balaban J connectivity index is 3.30. The molecule has 94 valence electrons. The predicted molar refractivity (Wildman–Crippen MR) is 60.0 cm³/mol. The molecule has 0 atom stereocenters. The number of hydrazone groups is 1. The normalized spacial score (nSPS) is 10.8. The molecule has 0 fully saturated rings. The summed E-state index contributed by atoms with van der Waals surface area (Å²) in [6, 6.07) is 4.03. The van der Waals surface area contributed by atoms with Crippen molar-refractivity contribution in [2.24, 2.45) is 10.8 Å². The number of nitrogens with two attached hydrogens (primary N) is 1. The first-order chi connectivity index (χ1) is 8.43. The van der Waals surface area contributed by atoms with Crippen LogP contribution < -0.4 is 11.2 Å². The molecule has 0 bridgehead atoms. The summed E-state index contributed by atoms with van der Waals surface area (Å²) in [4.78, 5) is 31.4. The van der Waals surface area contributed by atoms with Gasteiger partial charge >= 0.3 is 12.0 Å². The van der Waals surface area contributed by atoms with Crippen molar-refractivity contribution in [3.8, 4) is 0 Å². The van der Waals surface area contributed by atoms with E-state index in [1.165, 1.54) is 18.2 Å². The van der Waals surface area contributed by atoms with Crippen LogP contribution in [0, 0.1) is 10.1 Å². The van der Waals surface area contributed by atoms with Crippen LogP contribution in [0.25, 0.3) is 0 Å². The lowest BCUT2D eigenvalue weighted by atomic mass is 10.1. The van der Waals surface area contributed by atoms with Crippen molar-refractivity contribution in [1.82, 2.24) is 5.43 Å². The highest BCUT2D eigenvalue weighted by atomic mass is 16.6. The van der Waals surface area contributed by atoms with Crippen molar-refractivity contribution in [2.75, 3.05) is 0 Å². The highest BCUT2D eigenvalue weighted by molar-refractivity contribution is 6.43. The summed E-state index contributed by atoms with van der Waals surface area (Å²) in [7, 11) is 0. The highest BCUT2D eigenvalue weighted by Crippen LogP contribution is 2.18. The van der Waals surface area contributed by atoms with Gasteiger partial charge in [0.2, 0.25) is 0 Å². The second kappa shape index (κ2) is 5.39. The topological polar surface area (TPSA) is 148 Å². The van der Waals surface area contributed by atoms with E-state index in [0.717, 1.165) is 6.07 Å². The van der Waals surface area contributed by atoms with Crippen molar-refractivity contribution in [3.05, 3.63) is 39.9 Å². The number of hydrogen-bond donors (Lipinski definition) is 3. The van der Waals surface area contributed by atoms with Crippen molar-refractivity contribution < 1.29 is 19.6 Å². The Kier molecular flexibility index (Phi) is 3.92. The van der Waals surface area contributed by atoms with E-state index >= 15 is 0 Å². The number of amides is 2. The zero-order valence-corrected chi connectivity index (χ0v) is 8.86. The molecule has 2 amide bonds. The van der Waals surface area contributed by atoms with E-state index < -0.39 is 28.3 Å². The first-order valence-electron chi connectivity index (χ1n) is 4.53. The van der Waals surface area contributed by atoms with Crippen LogP contribution in [-0.4, -0.2) is 27.7 Å². The Bertz CT molecular complexity index is 540. The number of primary amides is 1. The van der Waals surface area contributed by atoms with Crippen molar-refractivity contribution in [2.45, 2.75) is 0 Å². The van der Waals surface area contributed by atoms with Crippen LogP contribution in [0.2, 0.25) is 0 Å². The molecule has 0 saturated carbocycles. The van der Waals surface area contributed by atoms with Crippen molar-refractivity contribution >= 4 is 23.4 Å². The van der Waals surface area contributed by atoms with Gasteiger partial charge in [-0.1, -0.05) is 12.1 Å². The first kappa shape index (κ1) is 13.1.